The number of carbonyl (C=O) groups excluding carboxylic acids is 3. The van der Waals surface area contributed by atoms with Crippen LogP contribution in [-0.4, -0.2) is 73.8 Å². The van der Waals surface area contributed by atoms with Crippen molar-refractivity contribution in [3.8, 4) is 17.2 Å². The lowest BCUT2D eigenvalue weighted by molar-refractivity contribution is -0.268. The fraction of sp³-hybridized carbons (Fsp3) is 0.361. The van der Waals surface area contributed by atoms with Crippen molar-refractivity contribution >= 4 is 29.7 Å². The van der Waals surface area contributed by atoms with Crippen molar-refractivity contribution in [2.24, 2.45) is 0 Å². The minimum absolute atomic E-state index is 0.0162. The molecule has 5 N–H and O–H groups in total. The number of hydrogen-bond donors (Lipinski definition) is 5. The fourth-order valence-electron chi connectivity index (χ4n) is 6.77. The summed E-state index contributed by atoms with van der Waals surface area (Å²) in [5, 5.41) is 53.4. The Morgan fingerprint density at radius 2 is 1.62 bits per heavy atom. The molecule has 0 radical (unpaired) electrons. The zero-order valence-corrected chi connectivity index (χ0v) is 25.9. The van der Waals surface area contributed by atoms with Crippen LogP contribution in [0.1, 0.15) is 99.5 Å². The quantitative estimate of drug-likeness (QED) is 0.113. The van der Waals surface area contributed by atoms with Crippen molar-refractivity contribution in [1.29, 1.82) is 0 Å². The highest BCUT2D eigenvalue weighted by atomic mass is 16.7. The Morgan fingerprint density at radius 3 is 2.28 bits per heavy atom. The first-order chi connectivity index (χ1) is 22.5. The number of carbonyl (C=O) groups is 3. The summed E-state index contributed by atoms with van der Waals surface area (Å²) < 4.78 is 17.2. The van der Waals surface area contributed by atoms with E-state index in [0.29, 0.717) is 12.8 Å². The molecule has 2 fully saturated rings. The van der Waals surface area contributed by atoms with E-state index < -0.39 is 60.6 Å². The number of hydrogen-bond acceptors (Lipinski definition) is 11. The monoisotopic (exact) mass is 644 g/mol. The predicted molar refractivity (Wildman–Crippen MR) is 168 cm³/mol. The van der Waals surface area contributed by atoms with Gasteiger partial charge in [-0.3, -0.25) is 14.4 Å². The topological polar surface area (TPSA) is 180 Å². The number of aliphatic hydroxyl groups is 4. The molecule has 0 unspecified atom stereocenters. The lowest BCUT2D eigenvalue weighted by Gasteiger charge is -2.39. The van der Waals surface area contributed by atoms with Crippen molar-refractivity contribution < 1.29 is 54.1 Å². The molecular weight excluding hydrogens is 608 g/mol. The molecule has 5 atom stereocenters. The molecule has 47 heavy (non-hydrogen) atoms. The second kappa shape index (κ2) is 13.0. The number of aromatic hydroxyl groups is 1. The third-order valence-corrected chi connectivity index (χ3v) is 9.12. The van der Waals surface area contributed by atoms with E-state index in [2.05, 4.69) is 0 Å². The van der Waals surface area contributed by atoms with E-state index >= 15 is 0 Å². The normalized spacial score (nSPS) is 24.3. The molecule has 6 rings (SSSR count). The first-order valence-electron chi connectivity index (χ1n) is 15.6. The summed E-state index contributed by atoms with van der Waals surface area (Å²) in [6.45, 7) is 2.03. The maximum absolute atomic E-state index is 14.5. The van der Waals surface area contributed by atoms with E-state index in [0.717, 1.165) is 18.4 Å². The summed E-state index contributed by atoms with van der Waals surface area (Å²) in [4.78, 5) is 40.9. The average molecular weight is 645 g/mol. The Balaban J connectivity index is 1.55. The van der Waals surface area contributed by atoms with Gasteiger partial charge in [-0.05, 0) is 55.0 Å². The summed E-state index contributed by atoms with van der Waals surface area (Å²) in [5.74, 6) is -2.84. The van der Waals surface area contributed by atoms with Gasteiger partial charge < -0.3 is 39.7 Å². The van der Waals surface area contributed by atoms with Gasteiger partial charge in [-0.2, -0.15) is 0 Å². The molecule has 1 heterocycles. The molecule has 1 saturated carbocycles. The summed E-state index contributed by atoms with van der Waals surface area (Å²) >= 11 is 0. The van der Waals surface area contributed by atoms with Crippen LogP contribution in [0, 0.1) is 0 Å². The van der Waals surface area contributed by atoms with E-state index in [1.807, 2.05) is 30.3 Å². The van der Waals surface area contributed by atoms with Crippen molar-refractivity contribution in [3.05, 3.63) is 87.0 Å². The number of benzene rings is 3. The van der Waals surface area contributed by atoms with Crippen molar-refractivity contribution in [2.75, 3.05) is 0 Å². The fourth-order valence-corrected chi connectivity index (χ4v) is 6.77. The molecule has 3 aromatic carbocycles. The SMILES string of the molecule is CC(=O)Oc1cc(CO)c2c(c1/C=C/c1ccccc1)C(=O)c1cc(O[C@H]3O[C@@H](C)[C@@H](O)[C@@H](O)[C@H]3O)c(C3CCCC3)c(O)c1C2=O. The lowest BCUT2D eigenvalue weighted by Crippen LogP contribution is -2.58. The molecule has 11 nitrogen and oxygen atoms in total. The molecule has 0 bridgehead atoms. The van der Waals surface area contributed by atoms with Gasteiger partial charge in [-0.15, -0.1) is 0 Å². The molecule has 0 aromatic heterocycles. The number of ketones is 2. The maximum Gasteiger partial charge on any atom is 0.308 e. The third kappa shape index (κ3) is 5.85. The zero-order chi connectivity index (χ0) is 33.6. The molecule has 11 heteroatoms. The summed E-state index contributed by atoms with van der Waals surface area (Å²) in [7, 11) is 0. The summed E-state index contributed by atoms with van der Waals surface area (Å²) in [5.41, 5.74) is 0.495. The van der Waals surface area contributed by atoms with Gasteiger partial charge in [0.15, 0.2) is 11.6 Å². The van der Waals surface area contributed by atoms with Gasteiger partial charge in [0.05, 0.1) is 18.3 Å². The second-order valence-corrected chi connectivity index (χ2v) is 12.2. The zero-order valence-electron chi connectivity index (χ0n) is 25.9. The molecule has 3 aliphatic rings. The van der Waals surface area contributed by atoms with Crippen LogP contribution in [0.2, 0.25) is 0 Å². The molecule has 0 spiro atoms. The minimum atomic E-state index is -1.66. The Bertz CT molecular complexity index is 1760. The molecule has 1 aliphatic heterocycles. The molecule has 3 aromatic rings. The highest BCUT2D eigenvalue weighted by Gasteiger charge is 2.45. The summed E-state index contributed by atoms with van der Waals surface area (Å²) in [6, 6.07) is 11.8. The lowest BCUT2D eigenvalue weighted by atomic mass is 9.77. The number of ether oxygens (including phenoxy) is 3. The molecule has 246 valence electrons. The van der Waals surface area contributed by atoms with E-state index in [9.17, 15) is 39.9 Å². The highest BCUT2D eigenvalue weighted by Crippen LogP contribution is 2.50. The summed E-state index contributed by atoms with van der Waals surface area (Å²) in [6.07, 6.45) is -0.741. The number of esters is 1. The van der Waals surface area contributed by atoms with Crippen LogP contribution in [-0.2, 0) is 16.1 Å². The van der Waals surface area contributed by atoms with Crippen LogP contribution in [0.3, 0.4) is 0 Å². The Labute approximate surface area is 270 Å². The minimum Gasteiger partial charge on any atom is -0.507 e. The number of fused-ring (bicyclic) bond motifs is 2. The van der Waals surface area contributed by atoms with Crippen LogP contribution in [0.4, 0.5) is 0 Å². The standard InChI is InChI=1S/C36H36O11/c1-17-30(39)34(43)35(44)36(45-17)47-25-15-23-29(32(41)26(25)20-10-6-7-11-20)33(42)27-21(16-37)14-24(46-18(2)38)22(28(27)31(23)40)13-12-19-8-4-3-5-9-19/h3-5,8-9,12-15,17,20,30,34-37,39,41,43-44H,6-7,10-11,16H2,1-2H3/b13-12+/t17-,30+,34+,35+,36+/m0/s1. The highest BCUT2D eigenvalue weighted by molar-refractivity contribution is 6.31. The van der Waals surface area contributed by atoms with Gasteiger partial charge in [0, 0.05) is 34.7 Å². The van der Waals surface area contributed by atoms with Crippen molar-refractivity contribution in [2.45, 2.75) is 82.8 Å². The largest absolute Gasteiger partial charge is 0.507 e. The Kier molecular flexibility index (Phi) is 9.01. The van der Waals surface area contributed by atoms with Gasteiger partial charge in [0.1, 0.15) is 35.6 Å². The number of phenolic OH excluding ortho intramolecular Hbond substituents is 1. The van der Waals surface area contributed by atoms with Gasteiger partial charge in [-0.1, -0.05) is 49.2 Å². The van der Waals surface area contributed by atoms with Gasteiger partial charge >= 0.3 is 5.97 Å². The third-order valence-electron chi connectivity index (χ3n) is 9.12. The number of aliphatic hydroxyl groups excluding tert-OH is 4. The maximum atomic E-state index is 14.5. The Morgan fingerprint density at radius 1 is 0.915 bits per heavy atom. The van der Waals surface area contributed by atoms with E-state index in [1.165, 1.54) is 26.0 Å². The van der Waals surface area contributed by atoms with Crippen molar-refractivity contribution in [1.82, 2.24) is 0 Å². The average Bonchev–Trinajstić information content (AvgIpc) is 3.58. The van der Waals surface area contributed by atoms with E-state index in [1.54, 1.807) is 12.2 Å². The van der Waals surface area contributed by atoms with Gasteiger partial charge in [-0.25, -0.2) is 0 Å². The van der Waals surface area contributed by atoms with Crippen LogP contribution in [0.15, 0.2) is 42.5 Å². The molecule has 1 saturated heterocycles. The van der Waals surface area contributed by atoms with Crippen LogP contribution >= 0.6 is 0 Å². The molecular formula is C36H36O11. The molecule has 0 amide bonds. The number of phenols is 1. The van der Waals surface area contributed by atoms with Crippen molar-refractivity contribution in [3.63, 3.8) is 0 Å². The molecule has 2 aliphatic carbocycles. The second-order valence-electron chi connectivity index (χ2n) is 12.2. The van der Waals surface area contributed by atoms with Crippen LogP contribution in [0.25, 0.3) is 12.2 Å². The van der Waals surface area contributed by atoms with E-state index in [4.69, 9.17) is 14.2 Å². The first-order valence-corrected chi connectivity index (χ1v) is 15.6. The van der Waals surface area contributed by atoms with Crippen LogP contribution in [0.5, 0.6) is 17.2 Å². The predicted octanol–water partition coefficient (Wildman–Crippen LogP) is 3.62. The van der Waals surface area contributed by atoms with Gasteiger partial charge in [0.25, 0.3) is 0 Å². The van der Waals surface area contributed by atoms with Crippen LogP contribution < -0.4 is 9.47 Å². The Hall–Kier alpha value is -4.39. The first kappa shape index (κ1) is 32.5. The smallest absolute Gasteiger partial charge is 0.308 e. The number of rotatable bonds is 7. The van der Waals surface area contributed by atoms with Gasteiger partial charge in [0.2, 0.25) is 6.29 Å². The van der Waals surface area contributed by atoms with E-state index in [-0.39, 0.29) is 56.4 Å².